The van der Waals surface area contributed by atoms with Crippen molar-refractivity contribution in [2.24, 2.45) is 11.8 Å². The summed E-state index contributed by atoms with van der Waals surface area (Å²) in [4.78, 5) is 43.0. The minimum atomic E-state index is -0.859. The maximum absolute atomic E-state index is 14.4. The highest BCUT2D eigenvalue weighted by Gasteiger charge is 2.48. The van der Waals surface area contributed by atoms with Gasteiger partial charge in [-0.15, -0.1) is 0 Å². The van der Waals surface area contributed by atoms with Crippen molar-refractivity contribution < 1.29 is 19.1 Å². The molecule has 1 aliphatic rings. The second-order valence-corrected chi connectivity index (χ2v) is 12.4. The summed E-state index contributed by atoms with van der Waals surface area (Å²) in [5, 5.41) is 5.92. The molecule has 2 aromatic carbocycles. The van der Waals surface area contributed by atoms with Crippen LogP contribution in [0.3, 0.4) is 0 Å². The molecule has 0 saturated heterocycles. The molecule has 4 atom stereocenters. The topological polar surface area (TPSA) is 87.7 Å². The summed E-state index contributed by atoms with van der Waals surface area (Å²) in [6.45, 7) is 17.4. The number of aryl methyl sites for hydroxylation is 3. The summed E-state index contributed by atoms with van der Waals surface area (Å²) >= 11 is 0. The van der Waals surface area contributed by atoms with Crippen LogP contribution in [0, 0.1) is 32.6 Å². The van der Waals surface area contributed by atoms with Gasteiger partial charge in [-0.2, -0.15) is 0 Å². The Labute approximate surface area is 233 Å². The van der Waals surface area contributed by atoms with E-state index in [2.05, 4.69) is 17.6 Å². The normalized spacial score (nSPS) is 18.2. The maximum Gasteiger partial charge on any atom is 0.408 e. The molecule has 2 aromatic rings. The summed E-state index contributed by atoms with van der Waals surface area (Å²) in [7, 11) is 0. The Hall–Kier alpha value is -3.35. The van der Waals surface area contributed by atoms with E-state index in [1.807, 2.05) is 77.1 Å². The van der Waals surface area contributed by atoms with E-state index in [0.717, 1.165) is 28.7 Å². The molecule has 0 bridgehead atoms. The summed E-state index contributed by atoms with van der Waals surface area (Å²) < 4.78 is 5.49. The summed E-state index contributed by atoms with van der Waals surface area (Å²) in [6, 6.07) is 11.8. The highest BCUT2D eigenvalue weighted by Crippen LogP contribution is 2.42. The predicted molar refractivity (Wildman–Crippen MR) is 155 cm³/mol. The Kier molecular flexibility index (Phi) is 9.47. The van der Waals surface area contributed by atoms with Gasteiger partial charge in [0.2, 0.25) is 5.91 Å². The molecule has 1 saturated carbocycles. The molecule has 0 radical (unpaired) electrons. The summed E-state index contributed by atoms with van der Waals surface area (Å²) in [5.41, 5.74) is 3.74. The van der Waals surface area contributed by atoms with Crippen molar-refractivity contribution in [1.82, 2.24) is 10.2 Å². The van der Waals surface area contributed by atoms with Gasteiger partial charge in [-0.1, -0.05) is 62.7 Å². The molecule has 212 valence electrons. The van der Waals surface area contributed by atoms with Crippen LogP contribution in [0.1, 0.15) is 82.7 Å². The SMILES string of the molecule is Cc1ccc(C(C(=O)Nc2ccccc2C)N(C(=O)C(CC(C)C)NC(=O)OC(C)(C)C)C2CC2C)c(C)c1. The Morgan fingerprint density at radius 2 is 1.67 bits per heavy atom. The number of hydrogen-bond donors (Lipinski definition) is 2. The van der Waals surface area contributed by atoms with Crippen LogP contribution in [-0.2, 0) is 14.3 Å². The lowest BCUT2D eigenvalue weighted by Crippen LogP contribution is -2.54. The molecule has 1 fully saturated rings. The highest BCUT2D eigenvalue weighted by molar-refractivity contribution is 5.99. The van der Waals surface area contributed by atoms with Gasteiger partial charge in [0.1, 0.15) is 17.7 Å². The zero-order chi connectivity index (χ0) is 29.1. The number of carbonyl (C=O) groups excluding carboxylic acids is 3. The number of nitrogens with zero attached hydrogens (tertiary/aromatic N) is 1. The van der Waals surface area contributed by atoms with E-state index in [1.54, 1.807) is 25.7 Å². The molecule has 39 heavy (non-hydrogen) atoms. The van der Waals surface area contributed by atoms with Crippen molar-refractivity contribution >= 4 is 23.6 Å². The van der Waals surface area contributed by atoms with Crippen LogP contribution < -0.4 is 10.6 Å². The van der Waals surface area contributed by atoms with Crippen molar-refractivity contribution in [3.05, 3.63) is 64.7 Å². The first-order valence-electron chi connectivity index (χ1n) is 13.9. The molecule has 7 heteroatoms. The number of benzene rings is 2. The molecule has 3 amide bonds. The quantitative estimate of drug-likeness (QED) is 0.385. The minimum absolute atomic E-state index is 0.110. The lowest BCUT2D eigenvalue weighted by molar-refractivity contribution is -0.142. The first-order valence-corrected chi connectivity index (χ1v) is 13.9. The van der Waals surface area contributed by atoms with Crippen LogP contribution in [0.5, 0.6) is 0 Å². The number of rotatable bonds is 9. The molecule has 0 heterocycles. The van der Waals surface area contributed by atoms with Crippen molar-refractivity contribution in [2.45, 2.75) is 98.9 Å². The molecule has 0 aromatic heterocycles. The van der Waals surface area contributed by atoms with E-state index in [0.29, 0.717) is 12.1 Å². The molecule has 7 nitrogen and oxygen atoms in total. The Bertz CT molecular complexity index is 1200. The molecule has 1 aliphatic carbocycles. The fraction of sp³-hybridized carbons (Fsp3) is 0.531. The number of alkyl carbamates (subject to hydrolysis) is 1. The van der Waals surface area contributed by atoms with E-state index >= 15 is 0 Å². The molecule has 4 unspecified atom stereocenters. The van der Waals surface area contributed by atoms with Crippen LogP contribution in [0.4, 0.5) is 10.5 Å². The summed E-state index contributed by atoms with van der Waals surface area (Å²) in [6.07, 6.45) is 0.582. The fourth-order valence-corrected chi connectivity index (χ4v) is 4.96. The summed E-state index contributed by atoms with van der Waals surface area (Å²) in [5.74, 6) is -0.166. The van der Waals surface area contributed by atoms with E-state index in [-0.39, 0.29) is 29.7 Å². The lowest BCUT2D eigenvalue weighted by Gasteiger charge is -2.36. The number of carbonyl (C=O) groups is 3. The number of amides is 3. The van der Waals surface area contributed by atoms with Crippen LogP contribution >= 0.6 is 0 Å². The second-order valence-electron chi connectivity index (χ2n) is 12.4. The average molecular weight is 536 g/mol. The van der Waals surface area contributed by atoms with Gasteiger partial charge in [0.05, 0.1) is 0 Å². The predicted octanol–water partition coefficient (Wildman–Crippen LogP) is 6.47. The van der Waals surface area contributed by atoms with Crippen molar-refractivity contribution in [2.75, 3.05) is 5.32 Å². The fourth-order valence-electron chi connectivity index (χ4n) is 4.96. The van der Waals surface area contributed by atoms with Gasteiger partial charge in [0.25, 0.3) is 5.91 Å². The van der Waals surface area contributed by atoms with Crippen molar-refractivity contribution in [3.8, 4) is 0 Å². The Balaban J connectivity index is 2.07. The smallest absolute Gasteiger partial charge is 0.408 e. The molecule has 0 spiro atoms. The first kappa shape index (κ1) is 30.2. The maximum atomic E-state index is 14.4. The number of anilines is 1. The van der Waals surface area contributed by atoms with E-state index in [4.69, 9.17) is 4.74 Å². The first-order chi connectivity index (χ1) is 18.2. The van der Waals surface area contributed by atoms with E-state index < -0.39 is 23.8 Å². The monoisotopic (exact) mass is 535 g/mol. The molecule has 2 N–H and O–H groups in total. The number of ether oxygens (including phenoxy) is 1. The minimum Gasteiger partial charge on any atom is -0.444 e. The number of nitrogens with one attached hydrogen (secondary N) is 2. The van der Waals surface area contributed by atoms with E-state index in [9.17, 15) is 14.4 Å². The standard InChI is InChI=1S/C32H45N3O4/c1-19(2)16-26(34-31(38)39-32(7,8)9)30(37)35(27-18-23(27)6)28(24-15-14-20(3)17-22(24)5)29(36)33-25-13-11-10-12-21(25)4/h10-15,17,19,23,26-28H,16,18H2,1-9H3,(H,33,36)(H,34,38). The van der Waals surface area contributed by atoms with Gasteiger partial charge in [-0.25, -0.2) is 4.79 Å². The second kappa shape index (κ2) is 12.2. The molecule has 3 rings (SSSR count). The Morgan fingerprint density at radius 1 is 1.03 bits per heavy atom. The third-order valence-corrected chi connectivity index (χ3v) is 7.02. The number of para-hydroxylation sites is 1. The largest absolute Gasteiger partial charge is 0.444 e. The lowest BCUT2D eigenvalue weighted by atomic mass is 9.95. The van der Waals surface area contributed by atoms with Crippen LogP contribution in [0.2, 0.25) is 0 Å². The third-order valence-electron chi connectivity index (χ3n) is 7.02. The highest BCUT2D eigenvalue weighted by atomic mass is 16.6. The van der Waals surface area contributed by atoms with Gasteiger partial charge in [-0.3, -0.25) is 9.59 Å². The van der Waals surface area contributed by atoms with Crippen LogP contribution in [0.15, 0.2) is 42.5 Å². The Morgan fingerprint density at radius 3 is 2.21 bits per heavy atom. The zero-order valence-corrected chi connectivity index (χ0v) is 24.9. The zero-order valence-electron chi connectivity index (χ0n) is 24.9. The number of hydrogen-bond acceptors (Lipinski definition) is 4. The third kappa shape index (κ3) is 8.07. The van der Waals surface area contributed by atoms with Gasteiger partial charge in [0.15, 0.2) is 0 Å². The van der Waals surface area contributed by atoms with Crippen molar-refractivity contribution in [1.29, 1.82) is 0 Å². The van der Waals surface area contributed by atoms with Gasteiger partial charge >= 0.3 is 6.09 Å². The molecular formula is C32H45N3O4. The van der Waals surface area contributed by atoms with Crippen LogP contribution in [0.25, 0.3) is 0 Å². The van der Waals surface area contributed by atoms with Gasteiger partial charge in [0, 0.05) is 11.7 Å². The molecular weight excluding hydrogens is 490 g/mol. The van der Waals surface area contributed by atoms with E-state index in [1.165, 1.54) is 0 Å². The van der Waals surface area contributed by atoms with Gasteiger partial charge < -0.3 is 20.3 Å². The van der Waals surface area contributed by atoms with Gasteiger partial charge in [-0.05, 0) is 89.0 Å². The van der Waals surface area contributed by atoms with Crippen LogP contribution in [-0.4, -0.2) is 40.5 Å². The average Bonchev–Trinajstić information content (AvgIpc) is 3.52. The van der Waals surface area contributed by atoms with Crippen molar-refractivity contribution in [3.63, 3.8) is 0 Å². The molecule has 0 aliphatic heterocycles.